The Morgan fingerprint density at radius 3 is 2.50 bits per heavy atom. The number of carbonyl (C=O) groups is 3. The molecule has 0 fully saturated rings. The zero-order valence-corrected chi connectivity index (χ0v) is 17.2. The van der Waals surface area contributed by atoms with E-state index < -0.39 is 17.8 Å². The maximum absolute atomic E-state index is 12.7. The highest BCUT2D eigenvalue weighted by Crippen LogP contribution is 2.34. The minimum atomic E-state index is -0.671. The molecular formula is C16H19BrN4O4S. The molecule has 140 valence electrons. The summed E-state index contributed by atoms with van der Waals surface area (Å²) in [5.74, 6) is -1.75. The van der Waals surface area contributed by atoms with Crippen LogP contribution in [-0.2, 0) is 11.8 Å². The largest absolute Gasteiger partial charge is 0.462 e. The van der Waals surface area contributed by atoms with Crippen LogP contribution in [0.15, 0.2) is 4.47 Å². The number of esters is 1. The molecule has 0 saturated heterocycles. The van der Waals surface area contributed by atoms with E-state index in [0.29, 0.717) is 27.8 Å². The Labute approximate surface area is 162 Å². The zero-order valence-electron chi connectivity index (χ0n) is 14.8. The number of primary amides is 1. The highest BCUT2D eigenvalue weighted by molar-refractivity contribution is 9.10. The molecule has 26 heavy (non-hydrogen) atoms. The predicted molar refractivity (Wildman–Crippen MR) is 102 cm³/mol. The molecule has 8 nitrogen and oxygen atoms in total. The lowest BCUT2D eigenvalue weighted by Gasteiger charge is -2.08. The molecule has 2 aromatic rings. The van der Waals surface area contributed by atoms with Gasteiger partial charge in [0, 0.05) is 7.05 Å². The Morgan fingerprint density at radius 1 is 1.35 bits per heavy atom. The second-order valence-corrected chi connectivity index (χ2v) is 7.40. The molecule has 2 rings (SSSR count). The van der Waals surface area contributed by atoms with Crippen LogP contribution >= 0.6 is 27.3 Å². The number of ether oxygens (including phenoxy) is 1. The van der Waals surface area contributed by atoms with Crippen molar-refractivity contribution in [2.45, 2.75) is 27.2 Å². The number of aromatic nitrogens is 2. The number of carbonyl (C=O) groups excluding carboxylic acids is 3. The number of amides is 2. The molecular weight excluding hydrogens is 424 g/mol. The van der Waals surface area contributed by atoms with Crippen molar-refractivity contribution in [2.24, 2.45) is 12.8 Å². The van der Waals surface area contributed by atoms with E-state index in [-0.39, 0.29) is 22.0 Å². The fraction of sp³-hybridized carbons (Fsp3) is 0.375. The monoisotopic (exact) mass is 442 g/mol. The van der Waals surface area contributed by atoms with Gasteiger partial charge in [-0.1, -0.05) is 6.92 Å². The summed E-state index contributed by atoms with van der Waals surface area (Å²) in [6, 6.07) is 0. The third-order valence-electron chi connectivity index (χ3n) is 3.60. The molecule has 0 aliphatic rings. The second kappa shape index (κ2) is 8.00. The van der Waals surface area contributed by atoms with Crippen LogP contribution in [0.2, 0.25) is 0 Å². The molecule has 0 saturated carbocycles. The molecule has 2 aromatic heterocycles. The van der Waals surface area contributed by atoms with Crippen LogP contribution in [0.3, 0.4) is 0 Å². The Bertz CT molecular complexity index is 887. The molecule has 0 aromatic carbocycles. The minimum absolute atomic E-state index is 0.139. The lowest BCUT2D eigenvalue weighted by molar-refractivity contribution is 0.0506. The topological polar surface area (TPSA) is 116 Å². The summed E-state index contributed by atoms with van der Waals surface area (Å²) in [6.45, 7) is 5.46. The van der Waals surface area contributed by atoms with Crippen molar-refractivity contribution in [3.63, 3.8) is 0 Å². The van der Waals surface area contributed by atoms with Crippen molar-refractivity contribution < 1.29 is 19.1 Å². The van der Waals surface area contributed by atoms with E-state index in [1.807, 2.05) is 6.92 Å². The SMILES string of the molecule is CCCOC(=O)c1c(NC(=O)c2c(Br)c(C)nn2C)sc(C(N)=O)c1C. The maximum atomic E-state index is 12.7. The summed E-state index contributed by atoms with van der Waals surface area (Å²) < 4.78 is 7.15. The maximum Gasteiger partial charge on any atom is 0.341 e. The smallest absolute Gasteiger partial charge is 0.341 e. The van der Waals surface area contributed by atoms with Crippen LogP contribution in [0.1, 0.15) is 55.1 Å². The van der Waals surface area contributed by atoms with Crippen molar-refractivity contribution in [1.82, 2.24) is 9.78 Å². The third-order valence-corrected chi connectivity index (χ3v) is 5.77. The van der Waals surface area contributed by atoms with E-state index >= 15 is 0 Å². The number of aryl methyl sites for hydroxylation is 2. The van der Waals surface area contributed by atoms with Gasteiger partial charge in [-0.25, -0.2) is 4.79 Å². The highest BCUT2D eigenvalue weighted by atomic mass is 79.9. The first kappa shape index (κ1) is 20.1. The van der Waals surface area contributed by atoms with Crippen LogP contribution in [0, 0.1) is 13.8 Å². The number of anilines is 1. The summed E-state index contributed by atoms with van der Waals surface area (Å²) in [5.41, 5.74) is 6.85. The number of rotatable bonds is 6. The fourth-order valence-electron chi connectivity index (χ4n) is 2.39. The summed E-state index contributed by atoms with van der Waals surface area (Å²) in [4.78, 5) is 36.9. The standard InChI is InChI=1S/C16H19BrN4O4S/c1-5-6-25-16(24)9-7(2)12(13(18)22)26-15(9)19-14(23)11-10(17)8(3)20-21(11)4/h5-6H2,1-4H3,(H2,18,22)(H,19,23). The normalized spacial score (nSPS) is 10.7. The molecule has 0 bridgehead atoms. The van der Waals surface area contributed by atoms with Crippen molar-refractivity contribution in [2.75, 3.05) is 11.9 Å². The van der Waals surface area contributed by atoms with Gasteiger partial charge in [-0.15, -0.1) is 11.3 Å². The van der Waals surface area contributed by atoms with E-state index in [0.717, 1.165) is 11.3 Å². The van der Waals surface area contributed by atoms with Crippen LogP contribution in [0.5, 0.6) is 0 Å². The molecule has 0 unspecified atom stereocenters. The second-order valence-electron chi connectivity index (χ2n) is 5.59. The average molecular weight is 443 g/mol. The molecule has 0 radical (unpaired) electrons. The number of hydrogen-bond donors (Lipinski definition) is 2. The first-order valence-corrected chi connectivity index (χ1v) is 9.40. The Morgan fingerprint density at radius 2 is 2.00 bits per heavy atom. The molecule has 10 heteroatoms. The van der Waals surface area contributed by atoms with Gasteiger partial charge in [0.2, 0.25) is 0 Å². The summed E-state index contributed by atoms with van der Waals surface area (Å²) >= 11 is 4.28. The van der Waals surface area contributed by atoms with Gasteiger partial charge in [-0.3, -0.25) is 14.3 Å². The number of nitrogens with two attached hydrogens (primary N) is 1. The Hall–Kier alpha value is -2.20. The molecule has 2 heterocycles. The Kier molecular flexibility index (Phi) is 6.19. The van der Waals surface area contributed by atoms with Crippen molar-refractivity contribution in [3.05, 3.63) is 31.9 Å². The van der Waals surface area contributed by atoms with Crippen molar-refractivity contribution in [3.8, 4) is 0 Å². The summed E-state index contributed by atoms with van der Waals surface area (Å²) in [6.07, 6.45) is 0.653. The van der Waals surface area contributed by atoms with E-state index in [2.05, 4.69) is 26.3 Å². The molecule has 0 spiro atoms. The molecule has 0 aliphatic carbocycles. The van der Waals surface area contributed by atoms with E-state index in [1.165, 1.54) is 4.68 Å². The summed E-state index contributed by atoms with van der Waals surface area (Å²) in [7, 11) is 1.64. The predicted octanol–water partition coefficient (Wildman–Crippen LogP) is 2.78. The fourth-order valence-corrected chi connectivity index (χ4v) is 3.95. The van der Waals surface area contributed by atoms with Gasteiger partial charge in [0.25, 0.3) is 11.8 Å². The molecule has 0 atom stereocenters. The van der Waals surface area contributed by atoms with Crippen LogP contribution < -0.4 is 11.1 Å². The molecule has 3 N–H and O–H groups in total. The van der Waals surface area contributed by atoms with Gasteiger partial charge in [0.1, 0.15) is 10.7 Å². The third kappa shape index (κ3) is 3.80. The van der Waals surface area contributed by atoms with Gasteiger partial charge in [-0.05, 0) is 41.8 Å². The first-order valence-electron chi connectivity index (χ1n) is 7.79. The average Bonchev–Trinajstić information content (AvgIpc) is 3.01. The minimum Gasteiger partial charge on any atom is -0.462 e. The van der Waals surface area contributed by atoms with Crippen LogP contribution in [0.4, 0.5) is 5.00 Å². The van der Waals surface area contributed by atoms with Gasteiger partial charge in [0.05, 0.1) is 27.2 Å². The quantitative estimate of drug-likeness (QED) is 0.666. The van der Waals surface area contributed by atoms with Gasteiger partial charge >= 0.3 is 5.97 Å². The lowest BCUT2D eigenvalue weighted by atomic mass is 10.1. The van der Waals surface area contributed by atoms with E-state index in [4.69, 9.17) is 10.5 Å². The van der Waals surface area contributed by atoms with Crippen molar-refractivity contribution in [1.29, 1.82) is 0 Å². The molecule has 0 aliphatic heterocycles. The van der Waals surface area contributed by atoms with Gasteiger partial charge < -0.3 is 15.8 Å². The first-order chi connectivity index (χ1) is 12.2. The number of nitrogens with zero attached hydrogens (tertiary/aromatic N) is 2. The molecule has 2 amide bonds. The summed E-state index contributed by atoms with van der Waals surface area (Å²) in [5, 5.41) is 7.06. The Balaban J connectivity index is 2.44. The van der Waals surface area contributed by atoms with E-state index in [9.17, 15) is 14.4 Å². The van der Waals surface area contributed by atoms with Gasteiger partial charge in [0.15, 0.2) is 0 Å². The number of halogens is 1. The lowest BCUT2D eigenvalue weighted by Crippen LogP contribution is -2.18. The number of nitrogens with one attached hydrogen (secondary N) is 1. The van der Waals surface area contributed by atoms with Crippen molar-refractivity contribution >= 4 is 50.1 Å². The number of thiophene rings is 1. The highest BCUT2D eigenvalue weighted by Gasteiger charge is 2.27. The van der Waals surface area contributed by atoms with Gasteiger partial charge in [-0.2, -0.15) is 5.10 Å². The number of hydrogen-bond acceptors (Lipinski definition) is 6. The van der Waals surface area contributed by atoms with Crippen LogP contribution in [0.25, 0.3) is 0 Å². The van der Waals surface area contributed by atoms with Crippen LogP contribution in [-0.4, -0.2) is 34.2 Å². The van der Waals surface area contributed by atoms with E-state index in [1.54, 1.807) is 20.9 Å². The zero-order chi connectivity index (χ0) is 19.6.